The van der Waals surface area contributed by atoms with Gasteiger partial charge in [0.25, 0.3) is 0 Å². The second-order valence-electron chi connectivity index (χ2n) is 4.77. The number of carboxylic acids is 1. The number of hydrogen-bond acceptors (Lipinski definition) is 6. The number of carboxylic acid groups (broad SMARTS) is 1. The Morgan fingerprint density at radius 2 is 2.00 bits per heavy atom. The monoisotopic (exact) mass is 349 g/mol. The van der Waals surface area contributed by atoms with Crippen LogP contribution in [0, 0.1) is 0 Å². The molecule has 0 amide bonds. The Bertz CT molecular complexity index is 814. The first-order valence-electron chi connectivity index (χ1n) is 6.30. The van der Waals surface area contributed by atoms with Crippen LogP contribution >= 0.6 is 0 Å². The molecule has 1 aliphatic rings. The first kappa shape index (κ1) is 16.6. The Balaban J connectivity index is 2.62. The Hall–Kier alpha value is -1.81. The van der Waals surface area contributed by atoms with Crippen LogP contribution in [0.3, 0.4) is 0 Å². The van der Waals surface area contributed by atoms with E-state index in [1.54, 1.807) is 0 Å². The van der Waals surface area contributed by atoms with Gasteiger partial charge in [0.1, 0.15) is 5.75 Å². The molecule has 2 rings (SSSR count). The Kier molecular flexibility index (Phi) is 4.09. The van der Waals surface area contributed by atoms with E-state index in [0.29, 0.717) is 0 Å². The van der Waals surface area contributed by atoms with E-state index in [4.69, 9.17) is 9.84 Å². The van der Waals surface area contributed by atoms with Crippen LogP contribution in [-0.2, 0) is 24.7 Å². The van der Waals surface area contributed by atoms with E-state index >= 15 is 0 Å². The largest absolute Gasteiger partial charge is 0.478 e. The number of anilines is 1. The Labute approximate surface area is 128 Å². The molecule has 0 saturated heterocycles. The number of benzene rings is 1. The molecule has 122 valence electrons. The fourth-order valence-electron chi connectivity index (χ4n) is 2.03. The van der Waals surface area contributed by atoms with Gasteiger partial charge in [0.05, 0.1) is 29.1 Å². The number of sulfone groups is 1. The molecule has 1 atom stereocenters. The van der Waals surface area contributed by atoms with Crippen molar-refractivity contribution in [3.63, 3.8) is 0 Å². The summed E-state index contributed by atoms with van der Waals surface area (Å²) < 4.78 is 53.6. The SMILES string of the molecule is CCS(=O)(=O)c1ccc2c(c1)N(S(C)(=O)=O)C[C@@H](C(=O)O)O2. The summed E-state index contributed by atoms with van der Waals surface area (Å²) in [6, 6.07) is 3.72. The molecule has 1 N–H and O–H groups in total. The van der Waals surface area contributed by atoms with Crippen molar-refractivity contribution in [3.05, 3.63) is 18.2 Å². The second-order valence-corrected chi connectivity index (χ2v) is 8.96. The highest BCUT2D eigenvalue weighted by Gasteiger charge is 2.35. The van der Waals surface area contributed by atoms with Crippen molar-refractivity contribution >= 4 is 31.5 Å². The van der Waals surface area contributed by atoms with Crippen LogP contribution in [0.15, 0.2) is 23.1 Å². The maximum Gasteiger partial charge on any atom is 0.346 e. The molecule has 10 heteroatoms. The maximum atomic E-state index is 11.9. The van der Waals surface area contributed by atoms with Crippen LogP contribution in [0.4, 0.5) is 5.69 Å². The first-order chi connectivity index (χ1) is 10.1. The Morgan fingerprint density at radius 3 is 2.50 bits per heavy atom. The lowest BCUT2D eigenvalue weighted by Crippen LogP contribution is -2.46. The minimum Gasteiger partial charge on any atom is -0.478 e. The van der Waals surface area contributed by atoms with E-state index in [2.05, 4.69) is 0 Å². The van der Waals surface area contributed by atoms with E-state index in [9.17, 15) is 21.6 Å². The number of fused-ring (bicyclic) bond motifs is 1. The third-order valence-electron chi connectivity index (χ3n) is 3.21. The zero-order valence-electron chi connectivity index (χ0n) is 11.9. The summed E-state index contributed by atoms with van der Waals surface area (Å²) in [5.41, 5.74) is 0.0227. The molecule has 1 heterocycles. The van der Waals surface area contributed by atoms with Gasteiger partial charge < -0.3 is 9.84 Å². The van der Waals surface area contributed by atoms with Gasteiger partial charge in [-0.1, -0.05) is 6.92 Å². The summed E-state index contributed by atoms with van der Waals surface area (Å²) in [5, 5.41) is 9.03. The van der Waals surface area contributed by atoms with Crippen LogP contribution in [0.1, 0.15) is 6.92 Å². The van der Waals surface area contributed by atoms with Crippen LogP contribution in [0.2, 0.25) is 0 Å². The zero-order valence-corrected chi connectivity index (χ0v) is 13.5. The van der Waals surface area contributed by atoms with Gasteiger partial charge in [0.2, 0.25) is 16.1 Å². The quantitative estimate of drug-likeness (QED) is 0.818. The highest BCUT2D eigenvalue weighted by molar-refractivity contribution is 7.92. The standard InChI is InChI=1S/C12H15NO7S2/c1-3-22(18,19)8-4-5-10-9(6-8)13(21(2,16)17)7-11(20-10)12(14)15/h4-6,11H,3,7H2,1-2H3,(H,14,15)/t11-/m0/s1. The number of rotatable bonds is 4. The molecule has 0 fully saturated rings. The summed E-state index contributed by atoms with van der Waals surface area (Å²) in [7, 11) is -7.30. The highest BCUT2D eigenvalue weighted by atomic mass is 32.2. The Morgan fingerprint density at radius 1 is 1.36 bits per heavy atom. The summed E-state index contributed by atoms with van der Waals surface area (Å²) in [5.74, 6) is -1.42. The van der Waals surface area contributed by atoms with Crippen molar-refractivity contribution in [2.75, 3.05) is 22.9 Å². The fourth-order valence-corrected chi connectivity index (χ4v) is 3.84. The third-order valence-corrected chi connectivity index (χ3v) is 6.09. The summed E-state index contributed by atoms with van der Waals surface area (Å²) in [6.07, 6.45) is -0.432. The average Bonchev–Trinajstić information content (AvgIpc) is 2.44. The minimum atomic E-state index is -3.78. The average molecular weight is 349 g/mol. The molecular weight excluding hydrogens is 334 g/mol. The molecule has 1 aromatic rings. The first-order valence-corrected chi connectivity index (χ1v) is 9.80. The van der Waals surface area contributed by atoms with Gasteiger partial charge in [0.15, 0.2) is 9.84 Å². The third kappa shape index (κ3) is 3.02. The van der Waals surface area contributed by atoms with E-state index in [1.165, 1.54) is 25.1 Å². The molecule has 0 unspecified atom stereocenters. The number of nitrogens with zero attached hydrogens (tertiary/aromatic N) is 1. The van der Waals surface area contributed by atoms with Gasteiger partial charge in [-0.05, 0) is 18.2 Å². The van der Waals surface area contributed by atoms with Crippen molar-refractivity contribution in [1.29, 1.82) is 0 Å². The molecule has 0 aliphatic carbocycles. The van der Waals surface area contributed by atoms with E-state index in [0.717, 1.165) is 10.6 Å². The van der Waals surface area contributed by atoms with Crippen molar-refractivity contribution in [2.45, 2.75) is 17.9 Å². The lowest BCUT2D eigenvalue weighted by atomic mass is 10.2. The summed E-state index contributed by atoms with van der Waals surface area (Å²) in [6.45, 7) is 1.05. The highest BCUT2D eigenvalue weighted by Crippen LogP contribution is 2.37. The van der Waals surface area contributed by atoms with E-state index in [1.807, 2.05) is 0 Å². The van der Waals surface area contributed by atoms with Crippen molar-refractivity contribution in [3.8, 4) is 5.75 Å². The predicted molar refractivity (Wildman–Crippen MR) is 78.4 cm³/mol. The maximum absolute atomic E-state index is 11.9. The predicted octanol–water partition coefficient (Wildman–Crippen LogP) is 0.0918. The van der Waals surface area contributed by atoms with Gasteiger partial charge >= 0.3 is 5.97 Å². The molecular formula is C12H15NO7S2. The smallest absolute Gasteiger partial charge is 0.346 e. The normalized spacial score (nSPS) is 18.5. The minimum absolute atomic E-state index is 0.0131. The van der Waals surface area contributed by atoms with Crippen molar-refractivity contribution < 1.29 is 31.5 Å². The van der Waals surface area contributed by atoms with Gasteiger partial charge in [-0.25, -0.2) is 21.6 Å². The van der Waals surface area contributed by atoms with Gasteiger partial charge in [-0.2, -0.15) is 0 Å². The number of sulfonamides is 1. The molecule has 22 heavy (non-hydrogen) atoms. The molecule has 1 aliphatic heterocycles. The molecule has 0 spiro atoms. The number of ether oxygens (including phenoxy) is 1. The topological polar surface area (TPSA) is 118 Å². The van der Waals surface area contributed by atoms with E-state index in [-0.39, 0.29) is 22.1 Å². The lowest BCUT2D eigenvalue weighted by molar-refractivity contribution is -0.144. The van der Waals surface area contributed by atoms with Crippen LogP contribution in [0.25, 0.3) is 0 Å². The van der Waals surface area contributed by atoms with Crippen LogP contribution < -0.4 is 9.04 Å². The fraction of sp³-hybridized carbons (Fsp3) is 0.417. The molecule has 0 aromatic heterocycles. The molecule has 1 aromatic carbocycles. The summed E-state index contributed by atoms with van der Waals surface area (Å²) in [4.78, 5) is 11.0. The van der Waals surface area contributed by atoms with Gasteiger partial charge in [-0.15, -0.1) is 0 Å². The second kappa shape index (κ2) is 5.43. The van der Waals surface area contributed by atoms with Crippen LogP contribution in [0.5, 0.6) is 5.75 Å². The lowest BCUT2D eigenvalue weighted by Gasteiger charge is -2.33. The number of aliphatic carboxylic acids is 1. The number of carbonyl (C=O) groups is 1. The zero-order chi connectivity index (χ0) is 16.7. The summed E-state index contributed by atoms with van der Waals surface area (Å²) >= 11 is 0. The number of hydrogen-bond donors (Lipinski definition) is 1. The van der Waals surface area contributed by atoms with Crippen molar-refractivity contribution in [1.82, 2.24) is 0 Å². The van der Waals surface area contributed by atoms with Gasteiger partial charge in [0, 0.05) is 0 Å². The molecule has 0 bridgehead atoms. The van der Waals surface area contributed by atoms with Crippen molar-refractivity contribution in [2.24, 2.45) is 0 Å². The van der Waals surface area contributed by atoms with E-state index < -0.39 is 38.5 Å². The molecule has 0 radical (unpaired) electrons. The van der Waals surface area contributed by atoms with Gasteiger partial charge in [-0.3, -0.25) is 4.31 Å². The van der Waals surface area contributed by atoms with Crippen LogP contribution in [-0.4, -0.2) is 52.6 Å². The molecule has 0 saturated carbocycles. The molecule has 8 nitrogen and oxygen atoms in total.